The molecule has 164 valence electrons. The standard InChI is InChI=1S/C21H30N4O5/c1-14-17(15(2)29-23-14)11-20(26)25-7-5-21(6-8-25)12-16(4-9-28-21)10-18-22-19(13-27-3)30-24-18/h16H,4-13H2,1-3H3. The summed E-state index contributed by atoms with van der Waals surface area (Å²) in [6.45, 7) is 6.24. The van der Waals surface area contributed by atoms with Gasteiger partial charge in [-0.2, -0.15) is 4.98 Å². The van der Waals surface area contributed by atoms with Gasteiger partial charge in [-0.1, -0.05) is 10.3 Å². The van der Waals surface area contributed by atoms with Gasteiger partial charge in [-0.3, -0.25) is 4.79 Å². The van der Waals surface area contributed by atoms with Gasteiger partial charge < -0.3 is 23.4 Å². The van der Waals surface area contributed by atoms with E-state index in [0.29, 0.717) is 24.8 Å². The summed E-state index contributed by atoms with van der Waals surface area (Å²) in [6.07, 6.45) is 4.81. The van der Waals surface area contributed by atoms with Crippen molar-refractivity contribution in [2.45, 2.75) is 64.6 Å². The highest BCUT2D eigenvalue weighted by Crippen LogP contribution is 2.38. The van der Waals surface area contributed by atoms with Gasteiger partial charge in [0.25, 0.3) is 5.89 Å². The fraction of sp³-hybridized carbons (Fsp3) is 0.714. The quantitative estimate of drug-likeness (QED) is 0.704. The van der Waals surface area contributed by atoms with Crippen LogP contribution >= 0.6 is 0 Å². The molecule has 1 atom stereocenters. The third kappa shape index (κ3) is 4.57. The fourth-order valence-electron chi connectivity index (χ4n) is 4.65. The third-order valence-electron chi connectivity index (χ3n) is 6.38. The average molecular weight is 418 g/mol. The van der Waals surface area contributed by atoms with Crippen LogP contribution in [-0.4, -0.2) is 58.5 Å². The topological polar surface area (TPSA) is 104 Å². The molecule has 1 spiro atoms. The van der Waals surface area contributed by atoms with Crippen molar-refractivity contribution in [3.8, 4) is 0 Å². The minimum atomic E-state index is -0.151. The monoisotopic (exact) mass is 418 g/mol. The van der Waals surface area contributed by atoms with Crippen LogP contribution in [0.4, 0.5) is 0 Å². The van der Waals surface area contributed by atoms with E-state index in [2.05, 4.69) is 15.3 Å². The normalized spacial score (nSPS) is 21.3. The maximum atomic E-state index is 12.8. The number of likely N-dealkylation sites (tertiary alicyclic amines) is 1. The SMILES string of the molecule is COCc1nc(CC2CCOC3(CCN(C(=O)Cc4c(C)noc4C)CC3)C2)no1. The largest absolute Gasteiger partial charge is 0.375 e. The number of rotatable bonds is 6. The molecule has 1 amide bonds. The van der Waals surface area contributed by atoms with Crippen molar-refractivity contribution in [3.05, 3.63) is 28.7 Å². The van der Waals surface area contributed by atoms with E-state index in [1.165, 1.54) is 0 Å². The lowest BCUT2D eigenvalue weighted by atomic mass is 9.78. The molecule has 0 radical (unpaired) electrons. The molecular weight excluding hydrogens is 388 g/mol. The average Bonchev–Trinajstić information content (AvgIpc) is 3.30. The van der Waals surface area contributed by atoms with Gasteiger partial charge in [-0.15, -0.1) is 0 Å². The Balaban J connectivity index is 1.31. The van der Waals surface area contributed by atoms with Gasteiger partial charge in [-0.05, 0) is 45.4 Å². The first kappa shape index (κ1) is 21.0. The number of methoxy groups -OCH3 is 1. The Kier molecular flexibility index (Phi) is 6.19. The minimum Gasteiger partial charge on any atom is -0.375 e. The maximum absolute atomic E-state index is 12.8. The summed E-state index contributed by atoms with van der Waals surface area (Å²) in [6, 6.07) is 0. The van der Waals surface area contributed by atoms with Crippen molar-refractivity contribution in [2.75, 3.05) is 26.8 Å². The maximum Gasteiger partial charge on any atom is 0.252 e. The number of piperidine rings is 1. The van der Waals surface area contributed by atoms with Crippen LogP contribution in [0.5, 0.6) is 0 Å². The molecule has 2 aromatic rings. The Bertz CT molecular complexity index is 849. The van der Waals surface area contributed by atoms with Crippen LogP contribution in [0.1, 0.15) is 54.4 Å². The summed E-state index contributed by atoms with van der Waals surface area (Å²) in [5, 5.41) is 8.02. The van der Waals surface area contributed by atoms with Crippen LogP contribution in [0.3, 0.4) is 0 Å². The van der Waals surface area contributed by atoms with Crippen molar-refractivity contribution in [3.63, 3.8) is 0 Å². The van der Waals surface area contributed by atoms with Crippen molar-refractivity contribution < 1.29 is 23.3 Å². The molecule has 0 aliphatic carbocycles. The lowest BCUT2D eigenvalue weighted by Gasteiger charge is -2.46. The molecule has 2 aliphatic heterocycles. The number of aryl methyl sites for hydroxylation is 2. The molecule has 0 N–H and O–H groups in total. The predicted octanol–water partition coefficient (Wildman–Crippen LogP) is 2.39. The summed E-state index contributed by atoms with van der Waals surface area (Å²) in [7, 11) is 1.61. The van der Waals surface area contributed by atoms with Crippen molar-refractivity contribution >= 4 is 5.91 Å². The highest BCUT2D eigenvalue weighted by Gasteiger charge is 2.41. The van der Waals surface area contributed by atoms with Gasteiger partial charge in [-0.25, -0.2) is 0 Å². The number of amides is 1. The number of carbonyl (C=O) groups excluding carboxylic acids is 1. The first-order valence-electron chi connectivity index (χ1n) is 10.6. The summed E-state index contributed by atoms with van der Waals surface area (Å²) < 4.78 is 21.7. The van der Waals surface area contributed by atoms with Crippen molar-refractivity contribution in [1.82, 2.24) is 20.2 Å². The first-order valence-corrected chi connectivity index (χ1v) is 10.6. The number of hydrogen-bond acceptors (Lipinski definition) is 8. The van der Waals surface area contributed by atoms with Crippen LogP contribution in [-0.2, 0) is 33.7 Å². The Morgan fingerprint density at radius 3 is 2.73 bits per heavy atom. The predicted molar refractivity (Wildman–Crippen MR) is 106 cm³/mol. The third-order valence-corrected chi connectivity index (χ3v) is 6.38. The van der Waals surface area contributed by atoms with E-state index in [1.807, 2.05) is 18.7 Å². The zero-order chi connectivity index (χ0) is 21.1. The smallest absolute Gasteiger partial charge is 0.252 e. The van der Waals surface area contributed by atoms with Crippen LogP contribution in [0.15, 0.2) is 9.05 Å². The molecule has 2 aliphatic rings. The highest BCUT2D eigenvalue weighted by atomic mass is 16.5. The lowest BCUT2D eigenvalue weighted by molar-refractivity contribution is -0.146. The first-order chi connectivity index (χ1) is 14.5. The second-order valence-corrected chi connectivity index (χ2v) is 8.49. The molecule has 0 saturated carbocycles. The molecule has 0 bridgehead atoms. The molecule has 9 heteroatoms. The lowest BCUT2D eigenvalue weighted by Crippen LogP contribution is -2.51. The van der Waals surface area contributed by atoms with E-state index >= 15 is 0 Å². The number of aromatic nitrogens is 3. The van der Waals surface area contributed by atoms with Gasteiger partial charge >= 0.3 is 0 Å². The molecule has 1 unspecified atom stereocenters. The van der Waals surface area contributed by atoms with E-state index in [1.54, 1.807) is 7.11 Å². The number of nitrogens with zero attached hydrogens (tertiary/aromatic N) is 4. The fourth-order valence-corrected chi connectivity index (χ4v) is 4.65. The van der Waals surface area contributed by atoms with E-state index in [9.17, 15) is 4.79 Å². The van der Waals surface area contributed by atoms with Gasteiger partial charge in [0.2, 0.25) is 5.91 Å². The summed E-state index contributed by atoms with van der Waals surface area (Å²) in [5.74, 6) is 2.55. The zero-order valence-corrected chi connectivity index (χ0v) is 18.0. The van der Waals surface area contributed by atoms with E-state index in [4.69, 9.17) is 18.5 Å². The van der Waals surface area contributed by atoms with E-state index in [0.717, 1.165) is 74.6 Å². The number of ether oxygens (including phenoxy) is 2. The molecule has 9 nitrogen and oxygen atoms in total. The van der Waals surface area contributed by atoms with E-state index < -0.39 is 0 Å². The van der Waals surface area contributed by atoms with Crippen LogP contribution in [0.2, 0.25) is 0 Å². The van der Waals surface area contributed by atoms with Gasteiger partial charge in [0, 0.05) is 38.8 Å². The molecule has 0 aromatic carbocycles. The molecule has 4 heterocycles. The summed E-state index contributed by atoms with van der Waals surface area (Å²) in [5.41, 5.74) is 1.55. The summed E-state index contributed by atoms with van der Waals surface area (Å²) in [4.78, 5) is 19.1. The second kappa shape index (κ2) is 8.85. The van der Waals surface area contributed by atoms with Gasteiger partial charge in [0.15, 0.2) is 5.82 Å². The Hall–Kier alpha value is -2.26. The molecule has 2 aromatic heterocycles. The highest BCUT2D eigenvalue weighted by molar-refractivity contribution is 5.79. The Labute approximate surface area is 176 Å². The van der Waals surface area contributed by atoms with Crippen LogP contribution in [0.25, 0.3) is 0 Å². The van der Waals surface area contributed by atoms with Crippen LogP contribution < -0.4 is 0 Å². The van der Waals surface area contributed by atoms with Crippen LogP contribution in [0, 0.1) is 19.8 Å². The Morgan fingerprint density at radius 2 is 2.03 bits per heavy atom. The molecule has 30 heavy (non-hydrogen) atoms. The van der Waals surface area contributed by atoms with Crippen molar-refractivity contribution in [2.24, 2.45) is 5.92 Å². The molecule has 2 fully saturated rings. The number of hydrogen-bond donors (Lipinski definition) is 0. The minimum absolute atomic E-state index is 0.129. The Morgan fingerprint density at radius 1 is 1.23 bits per heavy atom. The van der Waals surface area contributed by atoms with Gasteiger partial charge in [0.05, 0.1) is 17.7 Å². The molecule has 2 saturated heterocycles. The molecular formula is C21H30N4O5. The van der Waals surface area contributed by atoms with Gasteiger partial charge in [0.1, 0.15) is 12.4 Å². The van der Waals surface area contributed by atoms with Crippen molar-refractivity contribution in [1.29, 1.82) is 0 Å². The summed E-state index contributed by atoms with van der Waals surface area (Å²) >= 11 is 0. The molecule has 4 rings (SSSR count). The number of carbonyl (C=O) groups is 1. The second-order valence-electron chi connectivity index (χ2n) is 8.49. The van der Waals surface area contributed by atoms with E-state index in [-0.39, 0.29) is 11.5 Å². The zero-order valence-electron chi connectivity index (χ0n) is 18.0.